The van der Waals surface area contributed by atoms with Crippen LogP contribution in [0.15, 0.2) is 0 Å². The van der Waals surface area contributed by atoms with Gasteiger partial charge in [-0.2, -0.15) is 0 Å². The van der Waals surface area contributed by atoms with Gasteiger partial charge in [0.15, 0.2) is 0 Å². The number of likely N-dealkylation sites (tertiary alicyclic amines) is 1. The highest BCUT2D eigenvalue weighted by Crippen LogP contribution is 2.39. The van der Waals surface area contributed by atoms with Crippen molar-refractivity contribution in [3.8, 4) is 0 Å². The summed E-state index contributed by atoms with van der Waals surface area (Å²) in [5.41, 5.74) is 6.87. The molecule has 2 fully saturated rings. The minimum Gasteiger partial charge on any atom is -0.375 e. The third-order valence-corrected chi connectivity index (χ3v) is 5.80. The molecule has 0 radical (unpaired) electrons. The Kier molecular flexibility index (Phi) is 5.38. The van der Waals surface area contributed by atoms with Gasteiger partial charge in [0.05, 0.1) is 12.2 Å². The third-order valence-electron chi connectivity index (χ3n) is 5.80. The molecular formula is C18H36N2O. The summed E-state index contributed by atoms with van der Waals surface area (Å²) < 4.78 is 5.96. The van der Waals surface area contributed by atoms with Crippen molar-refractivity contribution in [3.63, 3.8) is 0 Å². The monoisotopic (exact) mass is 296 g/mol. The van der Waals surface area contributed by atoms with Gasteiger partial charge in [-0.3, -0.25) is 4.90 Å². The molecule has 0 aromatic rings. The Bertz CT molecular complexity index is 327. The Morgan fingerprint density at radius 2 is 1.71 bits per heavy atom. The molecule has 3 nitrogen and oxygen atoms in total. The molecule has 3 heteroatoms. The minimum absolute atomic E-state index is 0.170. The Labute approximate surface area is 131 Å². The molecule has 0 aromatic heterocycles. The third kappa shape index (κ3) is 4.00. The number of nitrogens with zero attached hydrogens (tertiary/aromatic N) is 1. The SMILES string of the molecule is CC1CC(CN)(N2CCCC(C(C)(C)C)CC2)CC(C)O1. The summed E-state index contributed by atoms with van der Waals surface area (Å²) in [5.74, 6) is 0.840. The second-order valence-electron chi connectivity index (χ2n) is 8.57. The van der Waals surface area contributed by atoms with Crippen LogP contribution < -0.4 is 5.73 Å². The molecule has 0 bridgehead atoms. The molecule has 3 unspecified atom stereocenters. The average Bonchev–Trinajstić information content (AvgIpc) is 2.62. The molecular weight excluding hydrogens is 260 g/mol. The van der Waals surface area contributed by atoms with Crippen molar-refractivity contribution in [3.05, 3.63) is 0 Å². The first kappa shape index (κ1) is 17.2. The van der Waals surface area contributed by atoms with Crippen LogP contribution in [-0.4, -0.2) is 42.3 Å². The van der Waals surface area contributed by atoms with Crippen molar-refractivity contribution in [1.82, 2.24) is 4.90 Å². The Balaban J connectivity index is 2.09. The number of hydrogen-bond donors (Lipinski definition) is 1. The van der Waals surface area contributed by atoms with Crippen molar-refractivity contribution in [2.75, 3.05) is 19.6 Å². The molecule has 0 amide bonds. The van der Waals surface area contributed by atoms with Gasteiger partial charge in [0.25, 0.3) is 0 Å². The zero-order valence-corrected chi connectivity index (χ0v) is 14.8. The van der Waals surface area contributed by atoms with E-state index in [0.29, 0.717) is 17.6 Å². The minimum atomic E-state index is 0.170. The van der Waals surface area contributed by atoms with Gasteiger partial charge in [-0.15, -0.1) is 0 Å². The first-order valence-electron chi connectivity index (χ1n) is 8.87. The first-order valence-corrected chi connectivity index (χ1v) is 8.87. The average molecular weight is 296 g/mol. The highest BCUT2D eigenvalue weighted by atomic mass is 16.5. The van der Waals surface area contributed by atoms with Crippen molar-refractivity contribution < 1.29 is 4.74 Å². The number of rotatable bonds is 2. The van der Waals surface area contributed by atoms with E-state index in [-0.39, 0.29) is 5.54 Å². The van der Waals surface area contributed by atoms with E-state index in [9.17, 15) is 0 Å². The van der Waals surface area contributed by atoms with E-state index < -0.39 is 0 Å². The lowest BCUT2D eigenvalue weighted by atomic mass is 9.76. The van der Waals surface area contributed by atoms with Gasteiger partial charge in [0.2, 0.25) is 0 Å². The molecule has 0 aliphatic carbocycles. The summed E-state index contributed by atoms with van der Waals surface area (Å²) in [7, 11) is 0. The van der Waals surface area contributed by atoms with Crippen LogP contribution in [0, 0.1) is 11.3 Å². The number of hydrogen-bond acceptors (Lipinski definition) is 3. The predicted molar refractivity (Wildman–Crippen MR) is 89.4 cm³/mol. The quantitative estimate of drug-likeness (QED) is 0.848. The van der Waals surface area contributed by atoms with Crippen molar-refractivity contribution in [2.24, 2.45) is 17.1 Å². The van der Waals surface area contributed by atoms with Gasteiger partial charge in [-0.1, -0.05) is 20.8 Å². The summed E-state index contributed by atoms with van der Waals surface area (Å²) >= 11 is 0. The van der Waals surface area contributed by atoms with E-state index in [1.165, 1.54) is 32.4 Å². The van der Waals surface area contributed by atoms with Crippen LogP contribution in [0.4, 0.5) is 0 Å². The van der Waals surface area contributed by atoms with E-state index in [2.05, 4.69) is 39.5 Å². The fraction of sp³-hybridized carbons (Fsp3) is 1.00. The van der Waals surface area contributed by atoms with E-state index in [0.717, 1.165) is 25.3 Å². The van der Waals surface area contributed by atoms with Crippen LogP contribution in [-0.2, 0) is 4.74 Å². The number of ether oxygens (including phenoxy) is 1. The van der Waals surface area contributed by atoms with E-state index in [1.54, 1.807) is 0 Å². The maximum Gasteiger partial charge on any atom is 0.0568 e. The summed E-state index contributed by atoms with van der Waals surface area (Å²) in [4.78, 5) is 2.72. The van der Waals surface area contributed by atoms with Crippen molar-refractivity contribution >= 4 is 0 Å². The van der Waals surface area contributed by atoms with E-state index >= 15 is 0 Å². The fourth-order valence-corrected chi connectivity index (χ4v) is 4.64. The Morgan fingerprint density at radius 1 is 1.10 bits per heavy atom. The molecule has 2 N–H and O–H groups in total. The van der Waals surface area contributed by atoms with Gasteiger partial charge in [0.1, 0.15) is 0 Å². The first-order chi connectivity index (χ1) is 9.77. The lowest BCUT2D eigenvalue weighted by molar-refractivity contribution is -0.103. The summed E-state index contributed by atoms with van der Waals surface area (Å²) in [6.45, 7) is 14.8. The molecule has 3 atom stereocenters. The van der Waals surface area contributed by atoms with Crippen LogP contribution in [0.5, 0.6) is 0 Å². The smallest absolute Gasteiger partial charge is 0.0568 e. The molecule has 124 valence electrons. The standard InChI is InChI=1S/C18H36N2O/c1-14-11-18(13-19,12-15(2)21-14)20-9-6-7-16(8-10-20)17(3,4)5/h14-16H,6-13,19H2,1-5H3. The summed E-state index contributed by atoms with van der Waals surface area (Å²) in [5, 5.41) is 0. The second-order valence-corrected chi connectivity index (χ2v) is 8.57. The van der Waals surface area contributed by atoms with Crippen LogP contribution in [0.25, 0.3) is 0 Å². The van der Waals surface area contributed by atoms with Crippen LogP contribution in [0.2, 0.25) is 0 Å². The molecule has 21 heavy (non-hydrogen) atoms. The van der Waals surface area contributed by atoms with Crippen molar-refractivity contribution in [2.45, 2.75) is 84.5 Å². The molecule has 2 saturated heterocycles. The lowest BCUT2D eigenvalue weighted by Crippen LogP contribution is -2.60. The van der Waals surface area contributed by atoms with Crippen LogP contribution >= 0.6 is 0 Å². The molecule has 2 heterocycles. The zero-order chi connectivity index (χ0) is 15.7. The lowest BCUT2D eigenvalue weighted by Gasteiger charge is -2.49. The maximum atomic E-state index is 6.27. The van der Waals surface area contributed by atoms with Gasteiger partial charge >= 0.3 is 0 Å². The van der Waals surface area contributed by atoms with E-state index in [1.807, 2.05) is 0 Å². The highest BCUT2D eigenvalue weighted by Gasteiger charge is 2.43. The molecule has 2 aliphatic heterocycles. The van der Waals surface area contributed by atoms with Crippen LogP contribution in [0.1, 0.15) is 66.7 Å². The Morgan fingerprint density at radius 3 is 2.24 bits per heavy atom. The topological polar surface area (TPSA) is 38.5 Å². The van der Waals surface area contributed by atoms with Gasteiger partial charge in [-0.05, 0) is 70.4 Å². The fourth-order valence-electron chi connectivity index (χ4n) is 4.64. The maximum absolute atomic E-state index is 6.27. The Hall–Kier alpha value is -0.120. The number of nitrogens with two attached hydrogens (primary N) is 1. The van der Waals surface area contributed by atoms with E-state index in [4.69, 9.17) is 10.5 Å². The molecule has 0 spiro atoms. The molecule has 0 aromatic carbocycles. The molecule has 2 rings (SSSR count). The van der Waals surface area contributed by atoms with Gasteiger partial charge < -0.3 is 10.5 Å². The molecule has 2 aliphatic rings. The van der Waals surface area contributed by atoms with Gasteiger partial charge in [-0.25, -0.2) is 0 Å². The largest absolute Gasteiger partial charge is 0.375 e. The summed E-state index contributed by atoms with van der Waals surface area (Å²) in [6.07, 6.45) is 6.84. The highest BCUT2D eigenvalue weighted by molar-refractivity contribution is 4.98. The predicted octanol–water partition coefficient (Wildman–Crippen LogP) is 3.42. The molecule has 0 saturated carbocycles. The second kappa shape index (κ2) is 6.55. The summed E-state index contributed by atoms with van der Waals surface area (Å²) in [6, 6.07) is 0. The normalized spacial score (nSPS) is 40.0. The zero-order valence-electron chi connectivity index (χ0n) is 14.8. The van der Waals surface area contributed by atoms with Crippen LogP contribution in [0.3, 0.4) is 0 Å². The van der Waals surface area contributed by atoms with Crippen molar-refractivity contribution in [1.29, 1.82) is 0 Å². The van der Waals surface area contributed by atoms with Gasteiger partial charge in [0, 0.05) is 12.1 Å².